The molecule has 0 aliphatic rings. The molecule has 0 aliphatic carbocycles. The number of hydrogen-bond acceptors (Lipinski definition) is 4. The highest BCUT2D eigenvalue weighted by atomic mass is 35.5. The molecule has 0 saturated carbocycles. The highest BCUT2D eigenvalue weighted by Gasteiger charge is 2.11. The molecule has 3 nitrogen and oxygen atoms in total. The molecular formula is C15H10Cl2N2OS. The fourth-order valence-corrected chi connectivity index (χ4v) is 3.27. The van der Waals surface area contributed by atoms with E-state index in [9.17, 15) is 0 Å². The van der Waals surface area contributed by atoms with Gasteiger partial charge in [-0.2, -0.15) is 0 Å². The summed E-state index contributed by atoms with van der Waals surface area (Å²) in [7, 11) is 0. The molecule has 0 amide bonds. The number of thioether (sulfide) groups is 1. The molecule has 1 aromatic heterocycles. The average molecular weight is 337 g/mol. The van der Waals surface area contributed by atoms with E-state index >= 15 is 0 Å². The van der Waals surface area contributed by atoms with Crippen LogP contribution in [0.2, 0.25) is 10.0 Å². The van der Waals surface area contributed by atoms with Crippen LogP contribution in [0.1, 0.15) is 5.56 Å². The summed E-state index contributed by atoms with van der Waals surface area (Å²) in [5.74, 6) is 1.08. The third-order valence-corrected chi connectivity index (χ3v) is 4.38. The summed E-state index contributed by atoms with van der Waals surface area (Å²) in [6.07, 6.45) is 0. The normalized spacial score (nSPS) is 10.8. The Labute approximate surface area is 136 Å². The van der Waals surface area contributed by atoms with Crippen LogP contribution in [0.15, 0.2) is 58.2 Å². The van der Waals surface area contributed by atoms with Gasteiger partial charge in [-0.25, -0.2) is 0 Å². The third-order valence-electron chi connectivity index (χ3n) is 2.83. The number of nitrogens with zero attached hydrogens (tertiary/aromatic N) is 2. The summed E-state index contributed by atoms with van der Waals surface area (Å²) >= 11 is 13.7. The van der Waals surface area contributed by atoms with Crippen LogP contribution in [0.25, 0.3) is 11.5 Å². The quantitative estimate of drug-likeness (QED) is 0.603. The zero-order chi connectivity index (χ0) is 14.7. The molecule has 106 valence electrons. The Morgan fingerprint density at radius 1 is 0.905 bits per heavy atom. The van der Waals surface area contributed by atoms with Crippen molar-refractivity contribution in [1.82, 2.24) is 10.2 Å². The first-order valence-corrected chi connectivity index (χ1v) is 7.93. The fraction of sp³-hybridized carbons (Fsp3) is 0.0667. The standard InChI is InChI=1S/C15H10Cl2N2OS/c16-12-7-4-8-13(17)11(12)9-21-15-19-18-14(20-15)10-5-2-1-3-6-10/h1-8H,9H2. The van der Waals surface area contributed by atoms with Crippen LogP contribution >= 0.6 is 35.0 Å². The van der Waals surface area contributed by atoms with Crippen LogP contribution in [0.4, 0.5) is 0 Å². The number of benzene rings is 2. The van der Waals surface area contributed by atoms with E-state index < -0.39 is 0 Å². The summed E-state index contributed by atoms with van der Waals surface area (Å²) < 4.78 is 5.63. The molecule has 2 aromatic carbocycles. The van der Waals surface area contributed by atoms with E-state index in [1.807, 2.05) is 48.5 Å². The number of aromatic nitrogens is 2. The van der Waals surface area contributed by atoms with Crippen molar-refractivity contribution in [3.05, 3.63) is 64.1 Å². The van der Waals surface area contributed by atoms with Gasteiger partial charge >= 0.3 is 0 Å². The van der Waals surface area contributed by atoms with Crippen molar-refractivity contribution >= 4 is 35.0 Å². The van der Waals surface area contributed by atoms with Gasteiger partial charge in [0.1, 0.15) is 0 Å². The molecule has 21 heavy (non-hydrogen) atoms. The van der Waals surface area contributed by atoms with Gasteiger partial charge in [-0.1, -0.05) is 59.2 Å². The van der Waals surface area contributed by atoms with Crippen molar-refractivity contribution in [1.29, 1.82) is 0 Å². The molecular weight excluding hydrogens is 327 g/mol. The van der Waals surface area contributed by atoms with E-state index in [0.29, 0.717) is 26.9 Å². The Balaban J connectivity index is 1.74. The van der Waals surface area contributed by atoms with Crippen molar-refractivity contribution in [2.75, 3.05) is 0 Å². The number of halogens is 2. The Hall–Kier alpha value is -1.49. The molecule has 0 radical (unpaired) electrons. The van der Waals surface area contributed by atoms with E-state index in [1.165, 1.54) is 11.8 Å². The zero-order valence-electron chi connectivity index (χ0n) is 10.8. The molecule has 3 rings (SSSR count). The zero-order valence-corrected chi connectivity index (χ0v) is 13.1. The summed E-state index contributed by atoms with van der Waals surface area (Å²) in [4.78, 5) is 0. The second-order valence-electron chi connectivity index (χ2n) is 4.23. The van der Waals surface area contributed by atoms with E-state index in [-0.39, 0.29) is 0 Å². The maximum absolute atomic E-state index is 6.13. The van der Waals surface area contributed by atoms with Crippen LogP contribution < -0.4 is 0 Å². The van der Waals surface area contributed by atoms with Gasteiger partial charge in [0.15, 0.2) is 0 Å². The highest BCUT2D eigenvalue weighted by Crippen LogP contribution is 2.31. The molecule has 0 bridgehead atoms. The smallest absolute Gasteiger partial charge is 0.277 e. The van der Waals surface area contributed by atoms with Gasteiger partial charge in [0, 0.05) is 21.4 Å². The average Bonchev–Trinajstić information content (AvgIpc) is 2.97. The Morgan fingerprint density at radius 3 is 2.33 bits per heavy atom. The van der Waals surface area contributed by atoms with Crippen LogP contribution in [-0.4, -0.2) is 10.2 Å². The fourth-order valence-electron chi connectivity index (χ4n) is 1.77. The van der Waals surface area contributed by atoms with Gasteiger partial charge in [0.05, 0.1) is 0 Å². The minimum atomic E-state index is 0.491. The van der Waals surface area contributed by atoms with Gasteiger partial charge < -0.3 is 4.42 Å². The van der Waals surface area contributed by atoms with Crippen molar-refractivity contribution in [2.24, 2.45) is 0 Å². The Bertz CT molecular complexity index is 726. The number of rotatable bonds is 4. The topological polar surface area (TPSA) is 38.9 Å². The lowest BCUT2D eigenvalue weighted by Crippen LogP contribution is -1.84. The first kappa shape index (κ1) is 14.4. The molecule has 0 aliphatic heterocycles. The second kappa shape index (κ2) is 6.52. The van der Waals surface area contributed by atoms with Gasteiger partial charge in [-0.3, -0.25) is 0 Å². The van der Waals surface area contributed by atoms with Crippen molar-refractivity contribution in [3.63, 3.8) is 0 Å². The van der Waals surface area contributed by atoms with E-state index in [2.05, 4.69) is 10.2 Å². The number of hydrogen-bond donors (Lipinski definition) is 0. The third kappa shape index (κ3) is 3.40. The first-order chi connectivity index (χ1) is 10.2. The van der Waals surface area contributed by atoms with Gasteiger partial charge in [0.25, 0.3) is 5.22 Å². The summed E-state index contributed by atoms with van der Waals surface area (Å²) in [5, 5.41) is 9.83. The lowest BCUT2D eigenvalue weighted by molar-refractivity contribution is 0.466. The molecule has 1 heterocycles. The lowest BCUT2D eigenvalue weighted by atomic mass is 10.2. The molecule has 0 unspecified atom stereocenters. The van der Waals surface area contributed by atoms with Crippen molar-refractivity contribution < 1.29 is 4.42 Å². The Kier molecular flexibility index (Phi) is 4.48. The van der Waals surface area contributed by atoms with Crippen molar-refractivity contribution in [2.45, 2.75) is 11.0 Å². The summed E-state index contributed by atoms with van der Waals surface area (Å²) in [6, 6.07) is 15.1. The maximum atomic E-state index is 6.13. The first-order valence-electron chi connectivity index (χ1n) is 6.18. The predicted molar refractivity (Wildman–Crippen MR) is 85.8 cm³/mol. The molecule has 6 heteroatoms. The van der Waals surface area contributed by atoms with Crippen LogP contribution in [-0.2, 0) is 5.75 Å². The maximum Gasteiger partial charge on any atom is 0.277 e. The molecule has 0 N–H and O–H groups in total. The molecule has 0 spiro atoms. The minimum Gasteiger partial charge on any atom is -0.411 e. The van der Waals surface area contributed by atoms with E-state index in [1.54, 1.807) is 0 Å². The largest absolute Gasteiger partial charge is 0.411 e. The minimum absolute atomic E-state index is 0.491. The van der Waals surface area contributed by atoms with E-state index in [0.717, 1.165) is 11.1 Å². The lowest BCUT2D eigenvalue weighted by Gasteiger charge is -2.04. The molecule has 0 fully saturated rings. The van der Waals surface area contributed by atoms with Gasteiger partial charge in [0.2, 0.25) is 5.89 Å². The predicted octanol–water partition coefficient (Wildman–Crippen LogP) is 5.34. The summed E-state index contributed by atoms with van der Waals surface area (Å²) in [5.41, 5.74) is 1.76. The van der Waals surface area contributed by atoms with Gasteiger partial charge in [-0.15, -0.1) is 10.2 Å². The monoisotopic (exact) mass is 336 g/mol. The molecule has 0 atom stereocenters. The Morgan fingerprint density at radius 2 is 1.62 bits per heavy atom. The van der Waals surface area contributed by atoms with Crippen LogP contribution in [0.3, 0.4) is 0 Å². The summed E-state index contributed by atoms with van der Waals surface area (Å²) in [6.45, 7) is 0. The van der Waals surface area contributed by atoms with Crippen LogP contribution in [0.5, 0.6) is 0 Å². The molecule has 0 saturated heterocycles. The van der Waals surface area contributed by atoms with Crippen LogP contribution in [0, 0.1) is 0 Å². The highest BCUT2D eigenvalue weighted by molar-refractivity contribution is 7.98. The SMILES string of the molecule is Clc1cccc(Cl)c1CSc1nnc(-c2ccccc2)o1. The van der Waals surface area contributed by atoms with Crippen molar-refractivity contribution in [3.8, 4) is 11.5 Å². The second-order valence-corrected chi connectivity index (χ2v) is 5.97. The van der Waals surface area contributed by atoms with Gasteiger partial charge in [-0.05, 0) is 29.8 Å². The molecule has 3 aromatic rings. The van der Waals surface area contributed by atoms with E-state index in [4.69, 9.17) is 27.6 Å².